The van der Waals surface area contributed by atoms with Crippen molar-refractivity contribution in [2.75, 3.05) is 39.3 Å². The van der Waals surface area contributed by atoms with Crippen molar-refractivity contribution < 1.29 is 29.0 Å². The number of aliphatic hydroxyl groups excluding tert-OH is 1. The molecule has 1 atom stereocenters. The van der Waals surface area contributed by atoms with Gasteiger partial charge < -0.3 is 30.1 Å². The van der Waals surface area contributed by atoms with Crippen LogP contribution in [0.15, 0.2) is 42.2 Å². The molecule has 3 heterocycles. The molecule has 11 heteroatoms. The van der Waals surface area contributed by atoms with Crippen molar-refractivity contribution >= 4 is 29.7 Å². The number of carbonyl (C=O) groups excluding carboxylic acids is 3. The van der Waals surface area contributed by atoms with E-state index >= 15 is 0 Å². The molecule has 2 aliphatic rings. The Bertz CT molecular complexity index is 1210. The minimum absolute atomic E-state index is 0.0867. The molecule has 38 heavy (non-hydrogen) atoms. The van der Waals surface area contributed by atoms with Crippen LogP contribution in [-0.4, -0.2) is 73.9 Å². The van der Waals surface area contributed by atoms with Gasteiger partial charge in [0.15, 0.2) is 5.54 Å². The smallest absolute Gasteiger partial charge is 0.322 e. The molecular weight excluding hydrogens is 490 g/mol. The molecule has 1 unspecified atom stereocenters. The first-order chi connectivity index (χ1) is 18.1. The van der Waals surface area contributed by atoms with Crippen LogP contribution in [0.2, 0.25) is 0 Å². The fourth-order valence-electron chi connectivity index (χ4n) is 4.16. The number of carbonyl (C=O) groups is 3. The summed E-state index contributed by atoms with van der Waals surface area (Å²) in [6, 6.07) is 10.5. The molecule has 1 aromatic heterocycles. The number of benzene rings is 1. The zero-order chi connectivity index (χ0) is 27.9. The fraction of sp³-hybridized carbons (Fsp3) is 0.407. The second-order valence-corrected chi connectivity index (χ2v) is 9.14. The number of aromatic nitrogens is 1. The van der Waals surface area contributed by atoms with E-state index in [1.807, 2.05) is 31.2 Å². The number of anilines is 1. The van der Waals surface area contributed by atoms with Crippen LogP contribution in [0.5, 0.6) is 5.75 Å². The molecule has 0 bridgehead atoms. The minimum Gasteiger partial charge on any atom is -0.498 e. The Hall–Kier alpha value is -4.12. The average molecular weight is 526 g/mol. The number of amides is 4. The fourth-order valence-corrected chi connectivity index (χ4v) is 4.16. The van der Waals surface area contributed by atoms with E-state index in [4.69, 9.17) is 9.47 Å². The van der Waals surface area contributed by atoms with E-state index in [0.717, 1.165) is 37.3 Å². The molecule has 2 fully saturated rings. The third-order valence-electron chi connectivity index (χ3n) is 6.50. The summed E-state index contributed by atoms with van der Waals surface area (Å²) in [6.45, 7) is 4.96. The number of piperidine rings is 1. The van der Waals surface area contributed by atoms with Gasteiger partial charge in [-0.25, -0.2) is 9.78 Å². The number of ether oxygens (including phenoxy) is 2. The molecule has 204 valence electrons. The van der Waals surface area contributed by atoms with E-state index in [9.17, 15) is 19.5 Å². The van der Waals surface area contributed by atoms with Gasteiger partial charge in [-0.1, -0.05) is 12.1 Å². The number of methoxy groups -OCH3 is 2. The number of nitrogens with one attached hydrogen (secondary N) is 3. The lowest BCUT2D eigenvalue weighted by molar-refractivity contribution is -0.123. The number of rotatable bonds is 6. The first-order valence-corrected chi connectivity index (χ1v) is 12.3. The first-order valence-electron chi connectivity index (χ1n) is 12.3. The highest BCUT2D eigenvalue weighted by atomic mass is 16.5. The summed E-state index contributed by atoms with van der Waals surface area (Å²) >= 11 is 0. The molecule has 4 rings (SSSR count). The maximum absolute atomic E-state index is 12.1. The van der Waals surface area contributed by atoms with E-state index in [1.165, 1.54) is 7.11 Å². The topological polar surface area (TPSA) is 142 Å². The highest BCUT2D eigenvalue weighted by Gasteiger charge is 2.46. The van der Waals surface area contributed by atoms with Gasteiger partial charge in [0, 0.05) is 31.8 Å². The molecule has 0 aliphatic carbocycles. The van der Waals surface area contributed by atoms with Crippen molar-refractivity contribution in [3.8, 4) is 5.75 Å². The number of aliphatic hydroxyl groups is 1. The van der Waals surface area contributed by atoms with Crippen molar-refractivity contribution in [1.29, 1.82) is 0 Å². The molecule has 0 spiro atoms. The Kier molecular flexibility index (Phi) is 9.30. The minimum atomic E-state index is -1.27. The van der Waals surface area contributed by atoms with Crippen LogP contribution in [0, 0.1) is 6.92 Å². The summed E-state index contributed by atoms with van der Waals surface area (Å²) in [7, 11) is 4.64. The van der Waals surface area contributed by atoms with Crippen LogP contribution in [0.25, 0.3) is 6.08 Å². The largest absolute Gasteiger partial charge is 0.498 e. The van der Waals surface area contributed by atoms with Crippen LogP contribution >= 0.6 is 0 Å². The third kappa shape index (κ3) is 6.60. The predicted molar refractivity (Wildman–Crippen MR) is 143 cm³/mol. The zero-order valence-electron chi connectivity index (χ0n) is 22.3. The van der Waals surface area contributed by atoms with Crippen molar-refractivity contribution in [3.63, 3.8) is 0 Å². The molecule has 4 amide bonds. The number of hydrogen-bond acceptors (Lipinski definition) is 8. The summed E-state index contributed by atoms with van der Waals surface area (Å²) in [5.41, 5.74) is 0.955. The third-order valence-corrected chi connectivity index (χ3v) is 6.50. The molecule has 4 N–H and O–H groups in total. The Morgan fingerprint density at radius 3 is 2.50 bits per heavy atom. The van der Waals surface area contributed by atoms with Crippen LogP contribution in [0.3, 0.4) is 0 Å². The second-order valence-electron chi connectivity index (χ2n) is 9.14. The van der Waals surface area contributed by atoms with Gasteiger partial charge in [-0.15, -0.1) is 0 Å². The van der Waals surface area contributed by atoms with Gasteiger partial charge in [-0.2, -0.15) is 0 Å². The van der Waals surface area contributed by atoms with E-state index in [-0.39, 0.29) is 12.0 Å². The van der Waals surface area contributed by atoms with Gasteiger partial charge in [-0.05, 0) is 56.5 Å². The number of urea groups is 1. The highest BCUT2D eigenvalue weighted by molar-refractivity contribution is 6.09. The highest BCUT2D eigenvalue weighted by Crippen LogP contribution is 2.25. The van der Waals surface area contributed by atoms with Gasteiger partial charge >= 0.3 is 6.03 Å². The van der Waals surface area contributed by atoms with Crippen LogP contribution < -0.4 is 25.6 Å². The first kappa shape index (κ1) is 28.5. The lowest BCUT2D eigenvalue weighted by Gasteiger charge is -2.30. The van der Waals surface area contributed by atoms with E-state index in [2.05, 4.69) is 25.8 Å². The Labute approximate surface area is 222 Å². The Morgan fingerprint density at radius 1 is 1.21 bits per heavy atom. The lowest BCUT2D eigenvalue weighted by atomic mass is 9.99. The van der Waals surface area contributed by atoms with Crippen molar-refractivity contribution in [2.24, 2.45) is 0 Å². The van der Waals surface area contributed by atoms with Gasteiger partial charge in [0.2, 0.25) is 0 Å². The van der Waals surface area contributed by atoms with Crippen molar-refractivity contribution in [2.45, 2.75) is 38.3 Å². The molecule has 2 saturated heterocycles. The predicted octanol–water partition coefficient (Wildman–Crippen LogP) is 1.99. The van der Waals surface area contributed by atoms with Crippen LogP contribution in [0.4, 0.5) is 10.6 Å². The van der Waals surface area contributed by atoms with Gasteiger partial charge in [0.05, 0.1) is 26.0 Å². The van der Waals surface area contributed by atoms with Crippen molar-refractivity contribution in [1.82, 2.24) is 20.9 Å². The SMILES string of the molecule is CNC(=O)c1cc(OC)ccc1C.CO/C(=C\c1cccc(N2CCC(O)CC2)n1)C1(C)NC(=O)NC1=O. The van der Waals surface area contributed by atoms with E-state index in [0.29, 0.717) is 22.8 Å². The van der Waals surface area contributed by atoms with Crippen LogP contribution in [0.1, 0.15) is 41.4 Å². The maximum atomic E-state index is 12.1. The van der Waals surface area contributed by atoms with E-state index in [1.54, 1.807) is 39.3 Å². The molecule has 2 aromatic rings. The van der Waals surface area contributed by atoms with Gasteiger partial charge in [-0.3, -0.25) is 14.9 Å². The molecule has 2 aliphatic heterocycles. The lowest BCUT2D eigenvalue weighted by Crippen LogP contribution is -2.46. The maximum Gasteiger partial charge on any atom is 0.322 e. The number of imide groups is 1. The Balaban J connectivity index is 0.000000260. The molecule has 0 saturated carbocycles. The number of pyridine rings is 1. The molecule has 0 radical (unpaired) electrons. The summed E-state index contributed by atoms with van der Waals surface area (Å²) in [5.74, 6) is 1.25. The molecule has 11 nitrogen and oxygen atoms in total. The molecular formula is C27H35N5O6. The van der Waals surface area contributed by atoms with E-state index < -0.39 is 17.5 Å². The number of aryl methyl sites for hydroxylation is 1. The summed E-state index contributed by atoms with van der Waals surface area (Å²) in [6.07, 6.45) is 2.84. The number of nitrogens with zero attached hydrogens (tertiary/aromatic N) is 2. The van der Waals surface area contributed by atoms with Crippen LogP contribution in [-0.2, 0) is 9.53 Å². The molecule has 1 aromatic carbocycles. The second kappa shape index (κ2) is 12.4. The summed E-state index contributed by atoms with van der Waals surface area (Å²) in [4.78, 5) is 41.6. The van der Waals surface area contributed by atoms with Gasteiger partial charge in [0.1, 0.15) is 17.3 Å². The van der Waals surface area contributed by atoms with Crippen molar-refractivity contribution in [3.05, 3.63) is 59.0 Å². The zero-order valence-corrected chi connectivity index (χ0v) is 22.3. The standard InChI is InChI=1S/C17H22N4O4.C10H13NO2/c1-17(15(23)19-16(24)20-17)13(25-2)10-11-4-3-5-14(18-11)21-8-6-12(22)7-9-21;1-7-4-5-8(13-3)6-9(7)10(12)11-2/h3-5,10,12,22H,6-9H2,1-2H3,(H2,19,20,23,24);4-6H,1-3H3,(H,11,12)/b13-10-;. The Morgan fingerprint density at radius 2 is 1.92 bits per heavy atom. The van der Waals surface area contributed by atoms with Gasteiger partial charge in [0.25, 0.3) is 11.8 Å². The average Bonchev–Trinajstić information content (AvgIpc) is 3.19. The number of hydrogen-bond donors (Lipinski definition) is 4. The summed E-state index contributed by atoms with van der Waals surface area (Å²) < 4.78 is 10.4. The quantitative estimate of drug-likeness (QED) is 0.331. The summed E-state index contributed by atoms with van der Waals surface area (Å²) in [5, 5.41) is 17.0. The monoisotopic (exact) mass is 525 g/mol. The normalized spacial score (nSPS) is 19.6.